The summed E-state index contributed by atoms with van der Waals surface area (Å²) in [6, 6.07) is 4.33. The molecule has 0 aliphatic carbocycles. The van der Waals surface area contributed by atoms with Crippen molar-refractivity contribution in [3.8, 4) is 0 Å². The normalized spacial score (nSPS) is 12.2. The molecule has 0 bridgehead atoms. The highest BCUT2D eigenvalue weighted by molar-refractivity contribution is 7.80. The quantitative estimate of drug-likeness (QED) is 0.842. The van der Waals surface area contributed by atoms with E-state index in [-0.39, 0.29) is 11.0 Å². The van der Waals surface area contributed by atoms with E-state index in [4.69, 9.17) is 22.4 Å². The van der Waals surface area contributed by atoms with Crippen LogP contribution in [-0.4, -0.2) is 9.97 Å². The van der Waals surface area contributed by atoms with Crippen LogP contribution in [0.25, 0.3) is 0 Å². The Morgan fingerprint density at radius 1 is 1.53 bits per heavy atom. The summed E-state index contributed by atoms with van der Waals surface area (Å²) in [6.07, 6.45) is 1.62. The van der Waals surface area contributed by atoms with Gasteiger partial charge in [-0.1, -0.05) is 12.2 Å². The summed E-state index contributed by atoms with van der Waals surface area (Å²) < 4.78 is 19.2. The first kappa shape index (κ1) is 13.5. The van der Waals surface area contributed by atoms with Gasteiger partial charge in [-0.25, -0.2) is 9.37 Å². The van der Waals surface area contributed by atoms with Crippen LogP contribution >= 0.6 is 12.2 Å². The summed E-state index contributed by atoms with van der Waals surface area (Å²) in [7, 11) is 0. The van der Waals surface area contributed by atoms with Gasteiger partial charge in [0, 0.05) is 5.56 Å². The van der Waals surface area contributed by atoms with E-state index in [0.29, 0.717) is 22.9 Å². The monoisotopic (exact) mass is 279 g/mol. The number of nitrogens with zero attached hydrogens (tertiary/aromatic N) is 1. The minimum atomic E-state index is -0.416. The number of anilines is 1. The van der Waals surface area contributed by atoms with E-state index in [9.17, 15) is 4.39 Å². The number of rotatable bonds is 4. The van der Waals surface area contributed by atoms with Crippen LogP contribution in [0.3, 0.4) is 0 Å². The number of nitrogens with one attached hydrogen (secondary N) is 1. The summed E-state index contributed by atoms with van der Waals surface area (Å²) in [6.45, 7) is 3.65. The number of aryl methyl sites for hydroxylation is 1. The van der Waals surface area contributed by atoms with Crippen molar-refractivity contribution < 1.29 is 8.81 Å². The second-order valence-electron chi connectivity index (χ2n) is 4.23. The molecule has 1 aromatic carbocycles. The topological polar surface area (TPSA) is 64.1 Å². The molecule has 19 heavy (non-hydrogen) atoms. The molecule has 100 valence electrons. The summed E-state index contributed by atoms with van der Waals surface area (Å²) in [5.74, 6) is 0.809. The van der Waals surface area contributed by atoms with E-state index >= 15 is 0 Å². The Kier molecular flexibility index (Phi) is 3.80. The summed E-state index contributed by atoms with van der Waals surface area (Å²) in [4.78, 5) is 4.26. The Morgan fingerprint density at radius 3 is 2.79 bits per heavy atom. The average molecular weight is 279 g/mol. The Bertz CT molecular complexity index is 612. The lowest BCUT2D eigenvalue weighted by atomic mass is 10.2. The molecule has 0 fully saturated rings. The average Bonchev–Trinajstić information content (AvgIpc) is 2.78. The molecule has 1 heterocycles. The highest BCUT2D eigenvalue weighted by Crippen LogP contribution is 2.22. The molecule has 3 N–H and O–H groups in total. The van der Waals surface area contributed by atoms with Crippen molar-refractivity contribution in [2.24, 2.45) is 5.73 Å². The number of nitrogens with two attached hydrogens (primary N) is 1. The maximum absolute atomic E-state index is 13.9. The molecule has 0 amide bonds. The van der Waals surface area contributed by atoms with E-state index in [1.54, 1.807) is 25.3 Å². The molecule has 0 radical (unpaired) electrons. The molecule has 0 saturated carbocycles. The molecular formula is C13H14FN3OS. The fraction of sp³-hybridized carbons (Fsp3) is 0.231. The highest BCUT2D eigenvalue weighted by atomic mass is 32.1. The van der Waals surface area contributed by atoms with Gasteiger partial charge in [-0.3, -0.25) is 0 Å². The number of oxazole rings is 1. The Balaban J connectivity index is 2.17. The zero-order chi connectivity index (χ0) is 14.0. The standard InChI is InChI=1S/C13H14FN3OS/c1-7-6-16-13(18-7)8(2)17-11-4-3-9(12(15)19)5-10(11)14/h3-6,8,17H,1-2H3,(H2,15,19). The molecule has 4 nitrogen and oxygen atoms in total. The molecular weight excluding hydrogens is 265 g/mol. The third kappa shape index (κ3) is 3.08. The molecule has 1 atom stereocenters. The van der Waals surface area contributed by atoms with Crippen LogP contribution in [0.4, 0.5) is 10.1 Å². The number of hydrogen-bond donors (Lipinski definition) is 2. The Morgan fingerprint density at radius 2 is 2.26 bits per heavy atom. The molecule has 1 unspecified atom stereocenters. The third-order valence-electron chi connectivity index (χ3n) is 2.64. The van der Waals surface area contributed by atoms with Gasteiger partial charge in [-0.05, 0) is 32.0 Å². The molecule has 0 aliphatic heterocycles. The predicted octanol–water partition coefficient (Wildman–Crippen LogP) is 2.93. The largest absolute Gasteiger partial charge is 0.444 e. The fourth-order valence-electron chi connectivity index (χ4n) is 1.65. The van der Waals surface area contributed by atoms with Crippen LogP contribution in [-0.2, 0) is 0 Å². The van der Waals surface area contributed by atoms with Gasteiger partial charge in [0.2, 0.25) is 5.89 Å². The van der Waals surface area contributed by atoms with Crippen molar-refractivity contribution in [1.82, 2.24) is 4.98 Å². The molecule has 0 spiro atoms. The number of aromatic nitrogens is 1. The SMILES string of the molecule is Cc1cnc(C(C)Nc2ccc(C(N)=S)cc2F)o1. The van der Waals surface area contributed by atoms with E-state index < -0.39 is 5.82 Å². The van der Waals surface area contributed by atoms with E-state index in [0.717, 1.165) is 0 Å². The van der Waals surface area contributed by atoms with Gasteiger partial charge >= 0.3 is 0 Å². The first-order valence-corrected chi connectivity index (χ1v) is 6.16. The number of thiocarbonyl (C=S) groups is 1. The minimum absolute atomic E-state index is 0.168. The maximum Gasteiger partial charge on any atom is 0.216 e. The lowest BCUT2D eigenvalue weighted by molar-refractivity contribution is 0.453. The highest BCUT2D eigenvalue weighted by Gasteiger charge is 2.13. The summed E-state index contributed by atoms with van der Waals surface area (Å²) >= 11 is 4.80. The fourth-order valence-corrected chi connectivity index (χ4v) is 1.78. The number of halogens is 1. The molecule has 0 aliphatic rings. The van der Waals surface area contributed by atoms with Crippen molar-refractivity contribution >= 4 is 22.9 Å². The van der Waals surface area contributed by atoms with Crippen molar-refractivity contribution in [2.75, 3.05) is 5.32 Å². The van der Waals surface area contributed by atoms with Crippen molar-refractivity contribution in [3.05, 3.63) is 47.4 Å². The zero-order valence-corrected chi connectivity index (χ0v) is 11.4. The molecule has 0 saturated heterocycles. The van der Waals surface area contributed by atoms with Crippen molar-refractivity contribution in [1.29, 1.82) is 0 Å². The molecule has 6 heteroatoms. The third-order valence-corrected chi connectivity index (χ3v) is 2.87. The summed E-state index contributed by atoms with van der Waals surface area (Å²) in [5, 5.41) is 2.99. The Labute approximate surface area is 115 Å². The van der Waals surface area contributed by atoms with Crippen molar-refractivity contribution in [2.45, 2.75) is 19.9 Å². The zero-order valence-electron chi connectivity index (χ0n) is 10.6. The number of hydrogen-bond acceptors (Lipinski definition) is 4. The second-order valence-corrected chi connectivity index (χ2v) is 4.67. The first-order chi connectivity index (χ1) is 8.97. The van der Waals surface area contributed by atoms with E-state index in [1.807, 2.05) is 6.92 Å². The van der Waals surface area contributed by atoms with Gasteiger partial charge in [-0.2, -0.15) is 0 Å². The maximum atomic E-state index is 13.9. The second kappa shape index (κ2) is 5.36. The smallest absolute Gasteiger partial charge is 0.216 e. The number of benzene rings is 1. The van der Waals surface area contributed by atoms with Gasteiger partial charge < -0.3 is 15.5 Å². The molecule has 2 aromatic rings. The van der Waals surface area contributed by atoms with E-state index in [1.165, 1.54) is 6.07 Å². The van der Waals surface area contributed by atoms with Crippen LogP contribution in [0.5, 0.6) is 0 Å². The van der Waals surface area contributed by atoms with Crippen LogP contribution in [0, 0.1) is 12.7 Å². The minimum Gasteiger partial charge on any atom is -0.444 e. The van der Waals surface area contributed by atoms with Gasteiger partial charge in [0.15, 0.2) is 0 Å². The van der Waals surface area contributed by atoms with E-state index in [2.05, 4.69) is 10.3 Å². The van der Waals surface area contributed by atoms with Crippen LogP contribution in [0.1, 0.15) is 30.2 Å². The Hall–Kier alpha value is -1.95. The van der Waals surface area contributed by atoms with Crippen LogP contribution < -0.4 is 11.1 Å². The van der Waals surface area contributed by atoms with Gasteiger partial charge in [0.05, 0.1) is 11.9 Å². The predicted molar refractivity (Wildman–Crippen MR) is 75.6 cm³/mol. The summed E-state index contributed by atoms with van der Waals surface area (Å²) in [5.41, 5.74) is 6.30. The molecule has 2 rings (SSSR count). The molecule has 1 aromatic heterocycles. The van der Waals surface area contributed by atoms with Crippen LogP contribution in [0.15, 0.2) is 28.8 Å². The lowest BCUT2D eigenvalue weighted by Gasteiger charge is -2.13. The first-order valence-electron chi connectivity index (χ1n) is 5.75. The van der Waals surface area contributed by atoms with Gasteiger partial charge in [-0.15, -0.1) is 0 Å². The van der Waals surface area contributed by atoms with Crippen molar-refractivity contribution in [3.63, 3.8) is 0 Å². The van der Waals surface area contributed by atoms with Gasteiger partial charge in [0.25, 0.3) is 0 Å². The van der Waals surface area contributed by atoms with Crippen LogP contribution in [0.2, 0.25) is 0 Å². The lowest BCUT2D eigenvalue weighted by Crippen LogP contribution is -2.12. The van der Waals surface area contributed by atoms with Gasteiger partial charge in [0.1, 0.15) is 22.6 Å².